The lowest BCUT2D eigenvalue weighted by Crippen LogP contribution is -2.44. The first kappa shape index (κ1) is 19.1. The molecule has 0 aliphatic rings. The van der Waals surface area contributed by atoms with E-state index in [9.17, 15) is 0 Å². The Bertz CT molecular complexity index is 408. The summed E-state index contributed by atoms with van der Waals surface area (Å²) in [6.45, 7) is 8.74. The van der Waals surface area contributed by atoms with Gasteiger partial charge < -0.3 is 16.0 Å². The van der Waals surface area contributed by atoms with E-state index >= 15 is 0 Å². The number of guanidine groups is 1. The summed E-state index contributed by atoms with van der Waals surface area (Å²) in [4.78, 5) is 8.31. The average molecular weight is 395 g/mol. The molecule has 3 N–H and O–H groups in total. The molecule has 0 radical (unpaired) electrons. The predicted molar refractivity (Wildman–Crippen MR) is 92.4 cm³/mol. The molecule has 7 nitrogen and oxygen atoms in total. The minimum absolute atomic E-state index is 0. The molecule has 0 atom stereocenters. The van der Waals surface area contributed by atoms with E-state index in [4.69, 9.17) is 0 Å². The maximum atomic E-state index is 4.16. The van der Waals surface area contributed by atoms with Crippen LogP contribution in [-0.4, -0.2) is 46.4 Å². The van der Waals surface area contributed by atoms with Crippen molar-refractivity contribution in [3.05, 3.63) is 12.2 Å². The number of aliphatic imine (C=N–C) groups is 1. The van der Waals surface area contributed by atoms with Gasteiger partial charge in [-0.1, -0.05) is 0 Å². The lowest BCUT2D eigenvalue weighted by molar-refractivity contribution is 0.428. The number of hydrogen-bond acceptors (Lipinski definition) is 4. The van der Waals surface area contributed by atoms with Gasteiger partial charge in [-0.2, -0.15) is 5.10 Å². The average Bonchev–Trinajstić information content (AvgIpc) is 2.73. The minimum Gasteiger partial charge on any atom is -0.355 e. The van der Waals surface area contributed by atoms with E-state index in [1.54, 1.807) is 18.1 Å². The molecule has 1 heterocycles. The number of halogens is 1. The van der Waals surface area contributed by atoms with Crippen LogP contribution in [0, 0.1) is 0 Å². The van der Waals surface area contributed by atoms with Crippen LogP contribution in [-0.2, 0) is 13.6 Å². The lowest BCUT2D eigenvalue weighted by atomic mass is 10.1. The summed E-state index contributed by atoms with van der Waals surface area (Å²) in [5.74, 6) is 1.63. The summed E-state index contributed by atoms with van der Waals surface area (Å²) in [6, 6.07) is 0. The molecule has 0 saturated heterocycles. The minimum atomic E-state index is 0. The molecule has 0 amide bonds. The monoisotopic (exact) mass is 395 g/mol. The van der Waals surface area contributed by atoms with Gasteiger partial charge in [-0.3, -0.25) is 9.67 Å². The SMILES string of the molecule is CN=C(NCCNC(C)(C)C)NCc1ncnn1C.I. The summed E-state index contributed by atoms with van der Waals surface area (Å²) in [5, 5.41) is 13.9. The summed E-state index contributed by atoms with van der Waals surface area (Å²) in [7, 11) is 3.62. The van der Waals surface area contributed by atoms with Gasteiger partial charge in [0.1, 0.15) is 12.2 Å². The number of hydrogen-bond donors (Lipinski definition) is 3. The molecule has 0 unspecified atom stereocenters. The third-order valence-corrected chi connectivity index (χ3v) is 2.52. The van der Waals surface area contributed by atoms with Crippen molar-refractivity contribution in [2.24, 2.45) is 12.0 Å². The van der Waals surface area contributed by atoms with Gasteiger partial charge in [-0.05, 0) is 20.8 Å². The van der Waals surface area contributed by atoms with Gasteiger partial charge >= 0.3 is 0 Å². The van der Waals surface area contributed by atoms with Crippen LogP contribution in [0.15, 0.2) is 11.3 Å². The Kier molecular flexibility index (Phi) is 8.70. The van der Waals surface area contributed by atoms with Gasteiger partial charge in [0.15, 0.2) is 5.96 Å². The van der Waals surface area contributed by atoms with Crippen LogP contribution in [0.2, 0.25) is 0 Å². The molecular formula is C12H26IN7. The Morgan fingerprint density at radius 1 is 1.30 bits per heavy atom. The molecule has 0 fully saturated rings. The Hall–Kier alpha value is -0.900. The van der Waals surface area contributed by atoms with Crippen molar-refractivity contribution in [2.45, 2.75) is 32.9 Å². The smallest absolute Gasteiger partial charge is 0.191 e. The lowest BCUT2D eigenvalue weighted by Gasteiger charge is -2.21. The fourth-order valence-electron chi connectivity index (χ4n) is 1.48. The van der Waals surface area contributed by atoms with E-state index in [2.05, 4.69) is 51.8 Å². The molecule has 8 heteroatoms. The number of nitrogens with zero attached hydrogens (tertiary/aromatic N) is 4. The quantitative estimate of drug-likeness (QED) is 0.293. The van der Waals surface area contributed by atoms with Crippen LogP contribution >= 0.6 is 24.0 Å². The first-order chi connectivity index (χ1) is 8.92. The summed E-state index contributed by atoms with van der Waals surface area (Å²) >= 11 is 0. The second kappa shape index (κ2) is 9.11. The van der Waals surface area contributed by atoms with Crippen molar-refractivity contribution < 1.29 is 0 Å². The third-order valence-electron chi connectivity index (χ3n) is 2.52. The van der Waals surface area contributed by atoms with Crippen molar-refractivity contribution in [3.63, 3.8) is 0 Å². The molecule has 116 valence electrons. The van der Waals surface area contributed by atoms with E-state index in [1.165, 1.54) is 0 Å². The summed E-state index contributed by atoms with van der Waals surface area (Å²) < 4.78 is 1.74. The fraction of sp³-hybridized carbons (Fsp3) is 0.750. The molecule has 20 heavy (non-hydrogen) atoms. The second-order valence-corrected chi connectivity index (χ2v) is 5.33. The number of aromatic nitrogens is 3. The van der Waals surface area contributed by atoms with E-state index in [-0.39, 0.29) is 29.5 Å². The Balaban J connectivity index is 0.00000361. The standard InChI is InChI=1S/C12H25N7.HI/c1-12(2,3)17-7-6-14-11(13-4)15-8-10-16-9-18-19(10)5;/h9,17H,6-8H2,1-5H3,(H2,13,14,15);1H. The Labute approximate surface area is 138 Å². The van der Waals surface area contributed by atoms with E-state index in [0.717, 1.165) is 24.9 Å². The van der Waals surface area contributed by atoms with E-state index < -0.39 is 0 Å². The molecule has 0 spiro atoms. The van der Waals surface area contributed by atoms with Crippen LogP contribution in [0.25, 0.3) is 0 Å². The van der Waals surface area contributed by atoms with Crippen molar-refractivity contribution in [1.29, 1.82) is 0 Å². The highest BCUT2D eigenvalue weighted by atomic mass is 127. The molecule has 1 aromatic rings. The van der Waals surface area contributed by atoms with Crippen LogP contribution in [0.3, 0.4) is 0 Å². The zero-order valence-corrected chi connectivity index (χ0v) is 15.2. The third kappa shape index (κ3) is 7.63. The first-order valence-electron chi connectivity index (χ1n) is 6.45. The van der Waals surface area contributed by atoms with Gasteiger partial charge in [-0.15, -0.1) is 24.0 Å². The molecular weight excluding hydrogens is 369 g/mol. The van der Waals surface area contributed by atoms with Crippen molar-refractivity contribution in [3.8, 4) is 0 Å². The predicted octanol–water partition coefficient (Wildman–Crippen LogP) is 0.486. The zero-order chi connectivity index (χ0) is 14.3. The van der Waals surface area contributed by atoms with Gasteiger partial charge in [0, 0.05) is 32.7 Å². The van der Waals surface area contributed by atoms with Crippen LogP contribution in [0.1, 0.15) is 26.6 Å². The normalized spacial score (nSPS) is 11.9. The first-order valence-corrected chi connectivity index (χ1v) is 6.45. The summed E-state index contributed by atoms with van der Waals surface area (Å²) in [5.41, 5.74) is 0.136. The van der Waals surface area contributed by atoms with E-state index in [0.29, 0.717) is 6.54 Å². The number of aryl methyl sites for hydroxylation is 1. The number of rotatable bonds is 5. The van der Waals surface area contributed by atoms with Crippen molar-refractivity contribution in [1.82, 2.24) is 30.7 Å². The highest BCUT2D eigenvalue weighted by Crippen LogP contribution is 1.96. The Morgan fingerprint density at radius 3 is 2.50 bits per heavy atom. The van der Waals surface area contributed by atoms with Crippen molar-refractivity contribution >= 4 is 29.9 Å². The molecule has 1 rings (SSSR count). The molecule has 0 aliphatic heterocycles. The largest absolute Gasteiger partial charge is 0.355 e. The van der Waals surface area contributed by atoms with Crippen LogP contribution < -0.4 is 16.0 Å². The molecule has 0 aliphatic carbocycles. The number of nitrogens with one attached hydrogen (secondary N) is 3. The fourth-order valence-corrected chi connectivity index (χ4v) is 1.48. The van der Waals surface area contributed by atoms with Gasteiger partial charge in [0.2, 0.25) is 0 Å². The molecule has 1 aromatic heterocycles. The molecule has 0 aromatic carbocycles. The Morgan fingerprint density at radius 2 is 2.00 bits per heavy atom. The van der Waals surface area contributed by atoms with E-state index in [1.807, 2.05) is 7.05 Å². The molecule has 0 saturated carbocycles. The van der Waals surface area contributed by atoms with Gasteiger partial charge in [0.05, 0.1) is 6.54 Å². The highest BCUT2D eigenvalue weighted by Gasteiger charge is 2.07. The summed E-state index contributed by atoms with van der Waals surface area (Å²) in [6.07, 6.45) is 1.54. The van der Waals surface area contributed by atoms with Gasteiger partial charge in [-0.25, -0.2) is 4.98 Å². The zero-order valence-electron chi connectivity index (χ0n) is 12.9. The molecule has 0 bridgehead atoms. The topological polar surface area (TPSA) is 79.2 Å². The van der Waals surface area contributed by atoms with Crippen LogP contribution in [0.5, 0.6) is 0 Å². The maximum Gasteiger partial charge on any atom is 0.191 e. The highest BCUT2D eigenvalue weighted by molar-refractivity contribution is 14.0. The van der Waals surface area contributed by atoms with Gasteiger partial charge in [0.25, 0.3) is 0 Å². The maximum absolute atomic E-state index is 4.16. The van der Waals surface area contributed by atoms with Crippen molar-refractivity contribution in [2.75, 3.05) is 20.1 Å². The van der Waals surface area contributed by atoms with Crippen LogP contribution in [0.4, 0.5) is 0 Å². The second-order valence-electron chi connectivity index (χ2n) is 5.33.